The van der Waals surface area contributed by atoms with Crippen LogP contribution in [0.3, 0.4) is 0 Å². The predicted octanol–water partition coefficient (Wildman–Crippen LogP) is 2.59. The summed E-state index contributed by atoms with van der Waals surface area (Å²) in [4.78, 5) is 18.9. The van der Waals surface area contributed by atoms with Crippen LogP contribution in [0.25, 0.3) is 0 Å². The quantitative estimate of drug-likeness (QED) is 0.856. The Morgan fingerprint density at radius 2 is 1.95 bits per heavy atom. The summed E-state index contributed by atoms with van der Waals surface area (Å²) in [5.41, 5.74) is 1.90. The second kappa shape index (κ2) is 5.23. The minimum Gasteiger partial charge on any atom is -0.332 e. The number of aromatic nitrogens is 3. The molecular formula is C17H20N4O. The first-order valence-corrected chi connectivity index (χ1v) is 7.96. The molecule has 0 spiro atoms. The van der Waals surface area contributed by atoms with Crippen molar-refractivity contribution in [1.29, 1.82) is 0 Å². The second-order valence-electron chi connectivity index (χ2n) is 6.46. The van der Waals surface area contributed by atoms with Crippen LogP contribution in [0.15, 0.2) is 36.9 Å². The Labute approximate surface area is 130 Å². The van der Waals surface area contributed by atoms with Crippen molar-refractivity contribution in [3.8, 4) is 0 Å². The van der Waals surface area contributed by atoms with Gasteiger partial charge in [-0.3, -0.25) is 14.5 Å². The molecular weight excluding hydrogens is 276 g/mol. The van der Waals surface area contributed by atoms with Crippen LogP contribution in [0.4, 0.5) is 0 Å². The lowest BCUT2D eigenvalue weighted by Gasteiger charge is -2.39. The van der Waals surface area contributed by atoms with E-state index in [0.717, 1.165) is 25.7 Å². The number of aryl methyl sites for hydroxylation is 1. The van der Waals surface area contributed by atoms with Gasteiger partial charge in [0.05, 0.1) is 17.8 Å². The van der Waals surface area contributed by atoms with Gasteiger partial charge in [0, 0.05) is 30.7 Å². The molecule has 2 bridgehead atoms. The first-order chi connectivity index (χ1) is 10.7. The SMILES string of the molecule is Cc1cnn(C2CC3CCC(C2)N3C(=O)c2cccnc2)c1. The van der Waals surface area contributed by atoms with Crippen molar-refractivity contribution in [1.82, 2.24) is 19.7 Å². The standard InChI is InChI=1S/C17H20N4O/c1-12-9-19-20(11-12)16-7-14-4-5-15(8-16)21(14)17(22)13-3-2-6-18-10-13/h2-3,6,9-11,14-16H,4-5,7-8H2,1H3. The molecule has 2 atom stereocenters. The predicted molar refractivity (Wildman–Crippen MR) is 82.5 cm³/mol. The number of nitrogens with zero attached hydrogens (tertiary/aromatic N) is 4. The average Bonchev–Trinajstić information content (AvgIpc) is 3.09. The Balaban J connectivity index is 1.55. The molecule has 2 saturated heterocycles. The van der Waals surface area contributed by atoms with Crippen LogP contribution in [0.2, 0.25) is 0 Å². The number of pyridine rings is 1. The highest BCUT2D eigenvalue weighted by Gasteiger charge is 2.44. The van der Waals surface area contributed by atoms with Crippen molar-refractivity contribution in [2.75, 3.05) is 0 Å². The van der Waals surface area contributed by atoms with Gasteiger partial charge >= 0.3 is 0 Å². The van der Waals surface area contributed by atoms with Gasteiger partial charge < -0.3 is 4.90 Å². The average molecular weight is 296 g/mol. The molecule has 0 aromatic carbocycles. The van der Waals surface area contributed by atoms with E-state index in [1.165, 1.54) is 5.56 Å². The summed E-state index contributed by atoms with van der Waals surface area (Å²) in [5.74, 6) is 0.135. The van der Waals surface area contributed by atoms with Gasteiger partial charge in [0.25, 0.3) is 5.91 Å². The highest BCUT2D eigenvalue weighted by atomic mass is 16.2. The molecule has 0 saturated carbocycles. The minimum atomic E-state index is 0.135. The van der Waals surface area contributed by atoms with Crippen LogP contribution in [0.5, 0.6) is 0 Å². The van der Waals surface area contributed by atoms with Gasteiger partial charge in [-0.1, -0.05) is 0 Å². The summed E-state index contributed by atoms with van der Waals surface area (Å²) in [6.45, 7) is 2.07. The van der Waals surface area contributed by atoms with Crippen molar-refractivity contribution in [3.05, 3.63) is 48.0 Å². The van der Waals surface area contributed by atoms with Gasteiger partial charge in [-0.05, 0) is 50.3 Å². The lowest BCUT2D eigenvalue weighted by Crippen LogP contribution is -2.47. The third-order valence-corrected chi connectivity index (χ3v) is 4.96. The maximum Gasteiger partial charge on any atom is 0.255 e. The lowest BCUT2D eigenvalue weighted by atomic mass is 9.96. The molecule has 2 unspecified atom stereocenters. The Kier molecular flexibility index (Phi) is 3.21. The van der Waals surface area contributed by atoms with Gasteiger partial charge in [0.1, 0.15) is 0 Å². The third-order valence-electron chi connectivity index (χ3n) is 4.96. The molecule has 2 aliphatic rings. The fraction of sp³-hybridized carbons (Fsp3) is 0.471. The molecule has 114 valence electrons. The maximum absolute atomic E-state index is 12.8. The molecule has 0 radical (unpaired) electrons. The number of hydrogen-bond acceptors (Lipinski definition) is 3. The summed E-state index contributed by atoms with van der Waals surface area (Å²) < 4.78 is 2.09. The molecule has 5 heteroatoms. The van der Waals surface area contributed by atoms with E-state index in [4.69, 9.17) is 0 Å². The number of carbonyl (C=O) groups is 1. The molecule has 1 amide bonds. The van der Waals surface area contributed by atoms with Gasteiger partial charge in [-0.25, -0.2) is 0 Å². The van der Waals surface area contributed by atoms with Crippen molar-refractivity contribution in [2.24, 2.45) is 0 Å². The van der Waals surface area contributed by atoms with E-state index < -0.39 is 0 Å². The van der Waals surface area contributed by atoms with E-state index in [9.17, 15) is 4.79 Å². The monoisotopic (exact) mass is 296 g/mol. The molecule has 0 N–H and O–H groups in total. The highest BCUT2D eigenvalue weighted by molar-refractivity contribution is 5.94. The fourth-order valence-electron chi connectivity index (χ4n) is 3.97. The van der Waals surface area contributed by atoms with Crippen molar-refractivity contribution >= 4 is 5.91 Å². The van der Waals surface area contributed by atoms with E-state index in [1.54, 1.807) is 12.4 Å². The van der Waals surface area contributed by atoms with Crippen LogP contribution in [-0.4, -0.2) is 37.7 Å². The Hall–Kier alpha value is -2.17. The summed E-state index contributed by atoms with van der Waals surface area (Å²) in [7, 11) is 0. The van der Waals surface area contributed by atoms with Crippen LogP contribution in [0.1, 0.15) is 47.6 Å². The second-order valence-corrected chi connectivity index (χ2v) is 6.46. The molecule has 2 aromatic heterocycles. The first kappa shape index (κ1) is 13.5. The number of fused-ring (bicyclic) bond motifs is 2. The van der Waals surface area contributed by atoms with E-state index in [-0.39, 0.29) is 5.91 Å². The van der Waals surface area contributed by atoms with E-state index in [0.29, 0.717) is 23.7 Å². The molecule has 2 aromatic rings. The Bertz CT molecular complexity index is 667. The number of amides is 1. The minimum absolute atomic E-state index is 0.135. The Morgan fingerprint density at radius 1 is 1.18 bits per heavy atom. The van der Waals surface area contributed by atoms with Crippen LogP contribution in [-0.2, 0) is 0 Å². The van der Waals surface area contributed by atoms with Crippen molar-refractivity contribution in [2.45, 2.75) is 50.7 Å². The summed E-state index contributed by atoms with van der Waals surface area (Å²) >= 11 is 0. The van der Waals surface area contributed by atoms with Crippen LogP contribution < -0.4 is 0 Å². The summed E-state index contributed by atoms with van der Waals surface area (Å²) in [6, 6.07) is 4.78. The van der Waals surface area contributed by atoms with Gasteiger partial charge in [-0.2, -0.15) is 5.10 Å². The Morgan fingerprint density at radius 3 is 2.55 bits per heavy atom. The number of piperidine rings is 1. The van der Waals surface area contributed by atoms with Crippen LogP contribution >= 0.6 is 0 Å². The zero-order chi connectivity index (χ0) is 15.1. The topological polar surface area (TPSA) is 51.0 Å². The molecule has 2 fully saturated rings. The third kappa shape index (κ3) is 2.21. The number of rotatable bonds is 2. The largest absolute Gasteiger partial charge is 0.332 e. The van der Waals surface area contributed by atoms with Crippen molar-refractivity contribution in [3.63, 3.8) is 0 Å². The van der Waals surface area contributed by atoms with E-state index >= 15 is 0 Å². The molecule has 4 heterocycles. The van der Waals surface area contributed by atoms with E-state index in [1.807, 2.05) is 18.3 Å². The molecule has 22 heavy (non-hydrogen) atoms. The molecule has 2 aliphatic heterocycles. The molecule has 4 rings (SSSR count). The normalized spacial score (nSPS) is 27.1. The molecule has 5 nitrogen and oxygen atoms in total. The van der Waals surface area contributed by atoms with Crippen molar-refractivity contribution < 1.29 is 4.79 Å². The summed E-state index contributed by atoms with van der Waals surface area (Å²) in [5, 5.41) is 4.47. The number of carbonyl (C=O) groups excluding carboxylic acids is 1. The number of hydrogen-bond donors (Lipinski definition) is 0. The zero-order valence-corrected chi connectivity index (χ0v) is 12.7. The van der Waals surface area contributed by atoms with Gasteiger partial charge in [-0.15, -0.1) is 0 Å². The highest BCUT2D eigenvalue weighted by Crippen LogP contribution is 2.41. The van der Waals surface area contributed by atoms with E-state index in [2.05, 4.69) is 32.8 Å². The maximum atomic E-state index is 12.8. The summed E-state index contributed by atoms with van der Waals surface area (Å²) in [6.07, 6.45) is 11.6. The zero-order valence-electron chi connectivity index (χ0n) is 12.7. The smallest absolute Gasteiger partial charge is 0.255 e. The van der Waals surface area contributed by atoms with Gasteiger partial charge in [0.15, 0.2) is 0 Å². The molecule has 0 aliphatic carbocycles. The van der Waals surface area contributed by atoms with Gasteiger partial charge in [0.2, 0.25) is 0 Å². The fourth-order valence-corrected chi connectivity index (χ4v) is 3.97. The lowest BCUT2D eigenvalue weighted by molar-refractivity contribution is 0.0524. The first-order valence-electron chi connectivity index (χ1n) is 7.96. The van der Waals surface area contributed by atoms with Crippen LogP contribution in [0, 0.1) is 6.92 Å².